The molecule has 2 atom stereocenters. The number of halogens is 4. The molecule has 2 heterocycles. The van der Waals surface area contributed by atoms with E-state index in [0.29, 0.717) is 28.9 Å². The van der Waals surface area contributed by atoms with Crippen LogP contribution in [0.25, 0.3) is 0 Å². The first-order valence-electron chi connectivity index (χ1n) is 11.6. The average Bonchev–Trinajstić information content (AvgIpc) is 2.99. The molecule has 5 rings (SSSR count). The van der Waals surface area contributed by atoms with Crippen molar-refractivity contribution >= 4 is 5.91 Å². The highest BCUT2D eigenvalue weighted by Gasteiger charge is 2.49. The predicted molar refractivity (Wildman–Crippen MR) is 123 cm³/mol. The molecule has 0 bridgehead atoms. The van der Waals surface area contributed by atoms with Crippen LogP contribution >= 0.6 is 0 Å². The molecule has 0 unspecified atom stereocenters. The van der Waals surface area contributed by atoms with Crippen molar-refractivity contribution in [2.45, 2.75) is 38.0 Å². The smallest absolute Gasteiger partial charge is 0.408 e. The lowest BCUT2D eigenvalue weighted by atomic mass is 9.93. The number of fused-ring (bicyclic) bond motifs is 3. The Hall–Kier alpha value is -3.37. The zero-order valence-electron chi connectivity index (χ0n) is 19.5. The first-order valence-corrected chi connectivity index (χ1v) is 11.6. The number of ether oxygens (including phenoxy) is 1. The van der Waals surface area contributed by atoms with Crippen molar-refractivity contribution in [1.29, 1.82) is 0 Å². The maximum Gasteiger partial charge on any atom is 0.408 e. The van der Waals surface area contributed by atoms with Crippen LogP contribution in [-0.4, -0.2) is 58.0 Å². The number of rotatable bonds is 2. The van der Waals surface area contributed by atoms with Gasteiger partial charge in [-0.25, -0.2) is 4.39 Å². The number of hydrogen-bond donors (Lipinski definition) is 1. The van der Waals surface area contributed by atoms with Crippen molar-refractivity contribution in [2.24, 2.45) is 0 Å². The molecule has 0 aromatic heterocycles. The number of hydrogen-bond acceptors (Lipinski definition) is 5. The van der Waals surface area contributed by atoms with Gasteiger partial charge in [-0.2, -0.15) is 18.2 Å². The fraction of sp³-hybridized carbons (Fsp3) is 0.346. The van der Waals surface area contributed by atoms with Crippen LogP contribution in [0, 0.1) is 5.82 Å². The molecular formula is C26H25F4N3O3. The highest BCUT2D eigenvalue weighted by atomic mass is 19.4. The molecule has 2 aromatic rings. The third-order valence-corrected chi connectivity index (χ3v) is 6.92. The van der Waals surface area contributed by atoms with E-state index in [0.717, 1.165) is 18.1 Å². The number of carbonyl (C=O) groups excluding carboxylic acids is 1. The van der Waals surface area contributed by atoms with Gasteiger partial charge in [-0.05, 0) is 54.2 Å². The van der Waals surface area contributed by atoms with Crippen LogP contribution < -0.4 is 0 Å². The van der Waals surface area contributed by atoms with Gasteiger partial charge in [-0.1, -0.05) is 36.4 Å². The summed E-state index contributed by atoms with van der Waals surface area (Å²) < 4.78 is 61.9. The lowest BCUT2D eigenvalue weighted by Gasteiger charge is -2.49. The van der Waals surface area contributed by atoms with Crippen LogP contribution in [0.5, 0.6) is 0 Å². The minimum atomic E-state index is -4.70. The van der Waals surface area contributed by atoms with Gasteiger partial charge in [-0.3, -0.25) is 9.80 Å². The highest BCUT2D eigenvalue weighted by Crippen LogP contribution is 2.42. The van der Waals surface area contributed by atoms with Crippen LogP contribution in [0.1, 0.15) is 35.2 Å². The monoisotopic (exact) mass is 503 g/mol. The fourth-order valence-corrected chi connectivity index (χ4v) is 5.05. The van der Waals surface area contributed by atoms with E-state index in [2.05, 4.69) is 0 Å². The fourth-order valence-electron chi connectivity index (χ4n) is 5.05. The number of amides is 1. The number of benzene rings is 2. The highest BCUT2D eigenvalue weighted by molar-refractivity contribution is 5.94. The lowest BCUT2D eigenvalue weighted by molar-refractivity contribution is -0.203. The quantitative estimate of drug-likeness (QED) is 0.608. The Morgan fingerprint density at radius 1 is 1.08 bits per heavy atom. The number of aryl methyl sites for hydroxylation is 1. The van der Waals surface area contributed by atoms with E-state index in [1.165, 1.54) is 17.3 Å². The van der Waals surface area contributed by atoms with Crippen LogP contribution in [0.3, 0.4) is 0 Å². The van der Waals surface area contributed by atoms with E-state index < -0.39 is 42.4 Å². The molecule has 1 fully saturated rings. The molecule has 0 spiro atoms. The molecule has 1 amide bonds. The molecule has 1 saturated heterocycles. The molecule has 1 N–H and O–H groups in total. The van der Waals surface area contributed by atoms with Gasteiger partial charge in [0.1, 0.15) is 24.2 Å². The summed E-state index contributed by atoms with van der Waals surface area (Å²) in [6.07, 6.45) is -0.607. The van der Waals surface area contributed by atoms with Crippen molar-refractivity contribution in [1.82, 2.24) is 14.9 Å². The maximum absolute atomic E-state index is 15.0. The van der Waals surface area contributed by atoms with Crippen LogP contribution in [0.2, 0.25) is 0 Å². The summed E-state index contributed by atoms with van der Waals surface area (Å²) in [6, 6.07) is 9.34. The summed E-state index contributed by atoms with van der Waals surface area (Å²) in [4.78, 5) is 14.0. The first-order chi connectivity index (χ1) is 17.2. The van der Waals surface area contributed by atoms with E-state index >= 15 is 4.39 Å². The number of alkyl halides is 3. The van der Waals surface area contributed by atoms with Gasteiger partial charge in [-0.15, -0.1) is 0 Å². The summed E-state index contributed by atoms with van der Waals surface area (Å²) in [5.41, 5.74) is 2.47. The second-order valence-electron chi connectivity index (χ2n) is 9.02. The third-order valence-electron chi connectivity index (χ3n) is 6.92. The van der Waals surface area contributed by atoms with Gasteiger partial charge in [0.25, 0.3) is 5.91 Å². The lowest BCUT2D eigenvalue weighted by Crippen LogP contribution is -2.62. The molecule has 2 aliphatic heterocycles. The molecule has 1 aliphatic carbocycles. The van der Waals surface area contributed by atoms with Crippen molar-refractivity contribution in [3.63, 3.8) is 0 Å². The SMILES string of the molecule is C[C@@H](N1CN([C@H]2c3ccccc3CCc3c(F)cccc32)N2/C=C\COCC(O)=C2C1=O)C(F)(F)F. The van der Waals surface area contributed by atoms with Crippen LogP contribution in [0.15, 0.2) is 66.2 Å². The topological polar surface area (TPSA) is 56.3 Å². The zero-order chi connectivity index (χ0) is 25.6. The van der Waals surface area contributed by atoms with Gasteiger partial charge in [0.15, 0.2) is 5.70 Å². The number of nitrogens with zero attached hydrogens (tertiary/aromatic N) is 3. The van der Waals surface area contributed by atoms with Crippen LogP contribution in [-0.2, 0) is 22.4 Å². The molecule has 190 valence electrons. The minimum absolute atomic E-state index is 0.130. The number of hydrazine groups is 1. The summed E-state index contributed by atoms with van der Waals surface area (Å²) in [5, 5.41) is 13.7. The first kappa shape index (κ1) is 24.3. The Bertz CT molecular complexity index is 1240. The predicted octanol–water partition coefficient (Wildman–Crippen LogP) is 4.60. The Balaban J connectivity index is 1.74. The minimum Gasteiger partial charge on any atom is -0.507 e. The van der Waals surface area contributed by atoms with E-state index in [1.54, 1.807) is 23.2 Å². The van der Waals surface area contributed by atoms with Gasteiger partial charge >= 0.3 is 6.18 Å². The van der Waals surface area contributed by atoms with E-state index in [9.17, 15) is 23.1 Å². The summed E-state index contributed by atoms with van der Waals surface area (Å²) in [6.45, 7) is 0.269. The second-order valence-corrected chi connectivity index (χ2v) is 9.02. The van der Waals surface area contributed by atoms with Gasteiger partial charge in [0, 0.05) is 6.20 Å². The van der Waals surface area contributed by atoms with Crippen molar-refractivity contribution in [2.75, 3.05) is 19.9 Å². The summed E-state index contributed by atoms with van der Waals surface area (Å²) in [7, 11) is 0. The van der Waals surface area contributed by atoms with E-state index in [1.807, 2.05) is 24.3 Å². The van der Waals surface area contributed by atoms with Gasteiger partial charge in [0.05, 0.1) is 19.3 Å². The van der Waals surface area contributed by atoms with Gasteiger partial charge < -0.3 is 14.7 Å². The Morgan fingerprint density at radius 2 is 1.83 bits per heavy atom. The molecule has 0 radical (unpaired) electrons. The molecular weight excluding hydrogens is 478 g/mol. The second kappa shape index (κ2) is 9.25. The third kappa shape index (κ3) is 4.14. The Kier molecular flexibility index (Phi) is 6.25. The van der Waals surface area contributed by atoms with Crippen molar-refractivity contribution in [3.05, 3.63) is 94.3 Å². The maximum atomic E-state index is 15.0. The van der Waals surface area contributed by atoms with Gasteiger partial charge in [0.2, 0.25) is 0 Å². The van der Waals surface area contributed by atoms with E-state index in [-0.39, 0.29) is 18.9 Å². The van der Waals surface area contributed by atoms with E-state index in [4.69, 9.17) is 4.74 Å². The molecule has 0 saturated carbocycles. The zero-order valence-corrected chi connectivity index (χ0v) is 19.5. The number of carbonyl (C=O) groups is 1. The molecule has 2 aromatic carbocycles. The van der Waals surface area contributed by atoms with Crippen molar-refractivity contribution in [3.8, 4) is 0 Å². The molecule has 10 heteroatoms. The number of aliphatic hydroxyl groups excluding tert-OH is 1. The standard InChI is InChI=1S/C26H25F4N3O3/c1-16(26(28,29)30)31-15-33(32-12-5-13-36-14-22(34)24(32)25(31)35)23-18-7-3-2-6-17(18)10-11-19-20(23)8-4-9-21(19)27/h2-9,12,16,23,34H,10-11,13-15H2,1H3/b12-5-,24-22?/t16-,23+/m1/s1. The molecule has 36 heavy (non-hydrogen) atoms. The summed E-state index contributed by atoms with van der Waals surface area (Å²) >= 11 is 0. The average molecular weight is 503 g/mol. The summed E-state index contributed by atoms with van der Waals surface area (Å²) in [5.74, 6) is -1.84. The molecule has 6 nitrogen and oxygen atoms in total. The van der Waals surface area contributed by atoms with Crippen molar-refractivity contribution < 1.29 is 32.2 Å². The molecule has 3 aliphatic rings. The number of aliphatic hydroxyl groups is 1. The largest absolute Gasteiger partial charge is 0.507 e. The normalized spacial score (nSPS) is 22.7. The Morgan fingerprint density at radius 3 is 2.61 bits per heavy atom. The van der Waals surface area contributed by atoms with Crippen LogP contribution in [0.4, 0.5) is 17.6 Å². The Labute approximate surface area is 205 Å².